The second kappa shape index (κ2) is 7.89. The summed E-state index contributed by atoms with van der Waals surface area (Å²) in [5.74, 6) is 0.737. The zero-order valence-corrected chi connectivity index (χ0v) is 12.0. The molecule has 0 spiro atoms. The number of hydrogen-bond donors (Lipinski definition) is 1. The van der Waals surface area contributed by atoms with Gasteiger partial charge in [0.15, 0.2) is 0 Å². The summed E-state index contributed by atoms with van der Waals surface area (Å²) in [6.45, 7) is 6.25. The summed E-state index contributed by atoms with van der Waals surface area (Å²) >= 11 is 1.82. The molecule has 0 aliphatic carbocycles. The molecule has 1 fully saturated rings. The second-order valence-electron chi connectivity index (χ2n) is 5.10. The average Bonchev–Trinajstić information content (AvgIpc) is 2.89. The van der Waals surface area contributed by atoms with Crippen LogP contribution in [0.2, 0.25) is 0 Å². The number of nitrogens with zero attached hydrogens (tertiary/aromatic N) is 1. The van der Waals surface area contributed by atoms with Crippen LogP contribution in [0.4, 0.5) is 0 Å². The zero-order chi connectivity index (χ0) is 12.6. The van der Waals surface area contributed by atoms with Gasteiger partial charge in [-0.05, 0) is 37.3 Å². The third kappa shape index (κ3) is 5.06. The van der Waals surface area contributed by atoms with E-state index < -0.39 is 0 Å². The maximum Gasteiger partial charge on any atom is 0.0506 e. The fraction of sp³-hybridized carbons (Fsp3) is 0.714. The van der Waals surface area contributed by atoms with Crippen LogP contribution < -0.4 is 5.32 Å². The minimum absolute atomic E-state index is 0.737. The van der Waals surface area contributed by atoms with Crippen molar-refractivity contribution in [3.05, 3.63) is 22.4 Å². The van der Waals surface area contributed by atoms with Crippen molar-refractivity contribution in [3.8, 4) is 0 Å². The van der Waals surface area contributed by atoms with Gasteiger partial charge in [-0.25, -0.2) is 0 Å². The number of rotatable bonds is 7. The van der Waals surface area contributed by atoms with E-state index in [9.17, 15) is 0 Å². The molecule has 1 aliphatic rings. The number of hydrogen-bond acceptors (Lipinski definition) is 4. The number of likely N-dealkylation sites (N-methyl/N-ethyl adjacent to an activating group) is 1. The molecule has 102 valence electrons. The van der Waals surface area contributed by atoms with E-state index in [-0.39, 0.29) is 0 Å². The summed E-state index contributed by atoms with van der Waals surface area (Å²) in [5, 5.41) is 5.62. The van der Waals surface area contributed by atoms with Gasteiger partial charge in [-0.2, -0.15) is 0 Å². The highest BCUT2D eigenvalue weighted by molar-refractivity contribution is 7.09. The highest BCUT2D eigenvalue weighted by Gasteiger charge is 2.15. The Morgan fingerprint density at radius 1 is 1.56 bits per heavy atom. The lowest BCUT2D eigenvalue weighted by atomic mass is 10.0. The molecule has 1 atom stereocenters. The average molecular weight is 268 g/mol. The summed E-state index contributed by atoms with van der Waals surface area (Å²) < 4.78 is 5.52. The van der Waals surface area contributed by atoms with E-state index in [2.05, 4.69) is 34.8 Å². The molecule has 1 aromatic heterocycles. The molecule has 4 heteroatoms. The van der Waals surface area contributed by atoms with E-state index in [0.717, 1.165) is 38.8 Å². The summed E-state index contributed by atoms with van der Waals surface area (Å²) in [6.07, 6.45) is 2.56. The quantitative estimate of drug-likeness (QED) is 0.767. The van der Waals surface area contributed by atoms with Crippen LogP contribution in [-0.4, -0.2) is 44.8 Å². The Morgan fingerprint density at radius 3 is 3.22 bits per heavy atom. The molecular weight excluding hydrogens is 244 g/mol. The van der Waals surface area contributed by atoms with Crippen molar-refractivity contribution in [3.63, 3.8) is 0 Å². The third-order valence-corrected chi connectivity index (χ3v) is 4.25. The first-order valence-electron chi connectivity index (χ1n) is 6.84. The monoisotopic (exact) mass is 268 g/mol. The van der Waals surface area contributed by atoms with Gasteiger partial charge in [0.25, 0.3) is 0 Å². The molecule has 1 unspecified atom stereocenters. The molecular formula is C14H24N2OS. The lowest BCUT2D eigenvalue weighted by Gasteiger charge is -2.27. The summed E-state index contributed by atoms with van der Waals surface area (Å²) in [5.41, 5.74) is 0. The predicted octanol–water partition coefficient (Wildman–Crippen LogP) is 2.20. The van der Waals surface area contributed by atoms with Gasteiger partial charge in [-0.3, -0.25) is 0 Å². The van der Waals surface area contributed by atoms with Crippen LogP contribution in [0.15, 0.2) is 17.5 Å². The molecule has 0 aromatic carbocycles. The van der Waals surface area contributed by atoms with Crippen LogP contribution in [0.1, 0.15) is 17.7 Å². The van der Waals surface area contributed by atoms with Crippen molar-refractivity contribution < 1.29 is 4.74 Å². The molecule has 18 heavy (non-hydrogen) atoms. The van der Waals surface area contributed by atoms with Crippen LogP contribution in [0, 0.1) is 5.92 Å². The van der Waals surface area contributed by atoms with E-state index in [0.29, 0.717) is 0 Å². The normalized spacial score (nSPS) is 20.4. The molecule has 3 nitrogen and oxygen atoms in total. The third-order valence-electron chi connectivity index (χ3n) is 3.37. The second-order valence-corrected chi connectivity index (χ2v) is 6.13. The Labute approximate surface area is 114 Å². The summed E-state index contributed by atoms with van der Waals surface area (Å²) in [7, 11) is 2.21. The molecule has 2 rings (SSSR count). The molecule has 1 aliphatic heterocycles. The van der Waals surface area contributed by atoms with E-state index >= 15 is 0 Å². The summed E-state index contributed by atoms with van der Waals surface area (Å²) in [4.78, 5) is 3.83. The first-order valence-corrected chi connectivity index (χ1v) is 7.72. The van der Waals surface area contributed by atoms with Crippen molar-refractivity contribution in [1.29, 1.82) is 0 Å². The van der Waals surface area contributed by atoms with Crippen molar-refractivity contribution in [2.24, 2.45) is 5.92 Å². The van der Waals surface area contributed by atoms with Crippen LogP contribution in [0.25, 0.3) is 0 Å². The van der Waals surface area contributed by atoms with Crippen molar-refractivity contribution in [2.75, 3.05) is 39.9 Å². The molecule has 0 bridgehead atoms. The Kier molecular flexibility index (Phi) is 6.14. The zero-order valence-electron chi connectivity index (χ0n) is 11.2. The highest BCUT2D eigenvalue weighted by Crippen LogP contribution is 2.14. The van der Waals surface area contributed by atoms with Crippen molar-refractivity contribution in [2.45, 2.75) is 19.4 Å². The number of ether oxygens (including phenoxy) is 1. The van der Waals surface area contributed by atoms with Crippen molar-refractivity contribution >= 4 is 11.3 Å². The molecule has 2 heterocycles. The Balaban J connectivity index is 1.52. The van der Waals surface area contributed by atoms with Crippen LogP contribution in [0.3, 0.4) is 0 Å². The lowest BCUT2D eigenvalue weighted by Crippen LogP contribution is -2.35. The van der Waals surface area contributed by atoms with Gasteiger partial charge in [0.05, 0.1) is 6.61 Å². The predicted molar refractivity (Wildman–Crippen MR) is 77.1 cm³/mol. The minimum Gasteiger partial charge on any atom is -0.381 e. The van der Waals surface area contributed by atoms with E-state index in [1.54, 1.807) is 0 Å². The number of thiophene rings is 1. The molecule has 1 saturated heterocycles. The van der Waals surface area contributed by atoms with Gasteiger partial charge in [-0.15, -0.1) is 11.3 Å². The first kappa shape index (κ1) is 14.0. The fourth-order valence-corrected chi connectivity index (χ4v) is 3.05. The minimum atomic E-state index is 0.737. The van der Waals surface area contributed by atoms with Crippen LogP contribution >= 0.6 is 11.3 Å². The standard InChI is InChI=1S/C14H24N2OS/c1-16(11-13-4-2-8-17-12-13)7-6-15-10-14-5-3-9-18-14/h3,5,9,13,15H,2,4,6-8,10-12H2,1H3. The fourth-order valence-electron chi connectivity index (χ4n) is 2.38. The molecule has 0 amide bonds. The molecule has 1 N–H and O–H groups in total. The highest BCUT2D eigenvalue weighted by atomic mass is 32.1. The Morgan fingerprint density at radius 2 is 2.50 bits per heavy atom. The van der Waals surface area contributed by atoms with E-state index in [4.69, 9.17) is 4.74 Å². The van der Waals surface area contributed by atoms with Crippen LogP contribution in [0.5, 0.6) is 0 Å². The SMILES string of the molecule is CN(CCNCc1cccs1)CC1CCCOC1. The first-order chi connectivity index (χ1) is 8.84. The topological polar surface area (TPSA) is 24.5 Å². The van der Waals surface area contributed by atoms with Gasteiger partial charge in [0, 0.05) is 37.7 Å². The molecule has 0 radical (unpaired) electrons. The Bertz CT molecular complexity index is 310. The van der Waals surface area contributed by atoms with Crippen LogP contribution in [-0.2, 0) is 11.3 Å². The van der Waals surface area contributed by atoms with E-state index in [1.807, 2.05) is 11.3 Å². The maximum absolute atomic E-state index is 5.52. The maximum atomic E-state index is 5.52. The van der Waals surface area contributed by atoms with Gasteiger partial charge in [0.2, 0.25) is 0 Å². The van der Waals surface area contributed by atoms with Gasteiger partial charge in [0.1, 0.15) is 0 Å². The van der Waals surface area contributed by atoms with Gasteiger partial charge < -0.3 is 15.0 Å². The van der Waals surface area contributed by atoms with Crippen molar-refractivity contribution in [1.82, 2.24) is 10.2 Å². The van der Waals surface area contributed by atoms with E-state index in [1.165, 1.54) is 24.3 Å². The van der Waals surface area contributed by atoms with Gasteiger partial charge in [-0.1, -0.05) is 6.07 Å². The van der Waals surface area contributed by atoms with Gasteiger partial charge >= 0.3 is 0 Å². The largest absolute Gasteiger partial charge is 0.381 e. The summed E-state index contributed by atoms with van der Waals surface area (Å²) in [6, 6.07) is 4.29. The lowest BCUT2D eigenvalue weighted by molar-refractivity contribution is 0.0422. The molecule has 1 aromatic rings. The molecule has 0 saturated carbocycles. The Hall–Kier alpha value is -0.420. The number of nitrogens with one attached hydrogen (secondary N) is 1. The smallest absolute Gasteiger partial charge is 0.0506 e.